The topological polar surface area (TPSA) is 73.8 Å². The standard InChI is InChI=1S/C23H25N5O2S/c29-18-4-1-3-17(15-18)22-25-20-16-19(5-2-8-27-9-6-24-7-10-27)31-21(20)23(26-22)28-11-13-30-14-12-28/h1,3-4,15-16,24,29H,6-14H2. The Kier molecular flexibility index (Phi) is 6.00. The summed E-state index contributed by atoms with van der Waals surface area (Å²) in [5, 5.41) is 13.3. The molecular formula is C23H25N5O2S. The van der Waals surface area contributed by atoms with E-state index in [2.05, 4.69) is 33.0 Å². The lowest BCUT2D eigenvalue weighted by atomic mass is 10.2. The Morgan fingerprint density at radius 1 is 1.10 bits per heavy atom. The number of phenols is 1. The Morgan fingerprint density at radius 2 is 1.94 bits per heavy atom. The molecule has 0 spiro atoms. The lowest BCUT2D eigenvalue weighted by Crippen LogP contribution is -2.43. The maximum atomic E-state index is 9.91. The summed E-state index contributed by atoms with van der Waals surface area (Å²) >= 11 is 1.65. The monoisotopic (exact) mass is 435 g/mol. The summed E-state index contributed by atoms with van der Waals surface area (Å²) in [5.41, 5.74) is 1.69. The van der Waals surface area contributed by atoms with Crippen molar-refractivity contribution in [3.63, 3.8) is 0 Å². The van der Waals surface area contributed by atoms with Crippen LogP contribution < -0.4 is 10.2 Å². The number of aromatic hydroxyl groups is 1. The van der Waals surface area contributed by atoms with E-state index in [1.54, 1.807) is 23.5 Å². The summed E-state index contributed by atoms with van der Waals surface area (Å²) in [4.78, 5) is 15.3. The Hall–Kier alpha value is -2.70. The fourth-order valence-corrected chi connectivity index (χ4v) is 4.84. The molecule has 2 N–H and O–H groups in total. The van der Waals surface area contributed by atoms with Gasteiger partial charge in [-0.25, -0.2) is 9.97 Å². The van der Waals surface area contributed by atoms with E-state index < -0.39 is 0 Å². The van der Waals surface area contributed by atoms with Crippen LogP contribution in [0.2, 0.25) is 0 Å². The van der Waals surface area contributed by atoms with Gasteiger partial charge in [0.05, 0.1) is 34.9 Å². The number of nitrogens with one attached hydrogen (secondary N) is 1. The largest absolute Gasteiger partial charge is 0.508 e. The third-order valence-corrected chi connectivity index (χ3v) is 6.53. The molecule has 8 heteroatoms. The van der Waals surface area contributed by atoms with E-state index in [1.165, 1.54) is 0 Å². The first-order valence-electron chi connectivity index (χ1n) is 10.6. The fourth-order valence-electron chi connectivity index (χ4n) is 3.85. The summed E-state index contributed by atoms with van der Waals surface area (Å²) in [5.74, 6) is 8.41. The van der Waals surface area contributed by atoms with Crippen molar-refractivity contribution in [2.75, 3.05) is 63.9 Å². The van der Waals surface area contributed by atoms with Crippen molar-refractivity contribution in [1.29, 1.82) is 0 Å². The number of piperazine rings is 1. The SMILES string of the molecule is Oc1cccc(-c2nc(N3CCOCC3)c3sc(C#CCN4CCNCC4)cc3n2)c1. The van der Waals surface area contributed by atoms with Gasteiger partial charge in [-0.3, -0.25) is 4.90 Å². The van der Waals surface area contributed by atoms with Crippen molar-refractivity contribution >= 4 is 27.4 Å². The van der Waals surface area contributed by atoms with Crippen LogP contribution in [0, 0.1) is 11.8 Å². The lowest BCUT2D eigenvalue weighted by molar-refractivity contribution is 0.122. The summed E-state index contributed by atoms with van der Waals surface area (Å²) in [6, 6.07) is 9.15. The molecule has 160 valence electrons. The van der Waals surface area contributed by atoms with Crippen molar-refractivity contribution in [1.82, 2.24) is 20.2 Å². The molecule has 2 aromatic heterocycles. The number of hydrogen-bond acceptors (Lipinski definition) is 8. The molecule has 0 atom stereocenters. The first-order valence-corrected chi connectivity index (χ1v) is 11.4. The molecule has 0 aliphatic carbocycles. The van der Waals surface area contributed by atoms with Crippen LogP contribution in [0.3, 0.4) is 0 Å². The zero-order valence-corrected chi connectivity index (χ0v) is 18.1. The Balaban J connectivity index is 1.50. The van der Waals surface area contributed by atoms with Crippen molar-refractivity contribution in [3.05, 3.63) is 35.2 Å². The van der Waals surface area contributed by atoms with Gasteiger partial charge in [0.15, 0.2) is 11.6 Å². The molecule has 7 nitrogen and oxygen atoms in total. The lowest BCUT2D eigenvalue weighted by Gasteiger charge is -2.28. The maximum Gasteiger partial charge on any atom is 0.162 e. The predicted molar refractivity (Wildman–Crippen MR) is 124 cm³/mol. The van der Waals surface area contributed by atoms with E-state index in [4.69, 9.17) is 14.7 Å². The van der Waals surface area contributed by atoms with Gasteiger partial charge in [0.1, 0.15) is 5.75 Å². The Bertz CT molecular complexity index is 1120. The molecule has 31 heavy (non-hydrogen) atoms. The van der Waals surface area contributed by atoms with Gasteiger partial charge < -0.3 is 20.1 Å². The molecule has 4 heterocycles. The minimum absolute atomic E-state index is 0.207. The molecule has 2 saturated heterocycles. The molecule has 0 radical (unpaired) electrons. The van der Waals surface area contributed by atoms with Crippen molar-refractivity contribution in [3.8, 4) is 29.0 Å². The molecule has 1 aromatic carbocycles. The quantitative estimate of drug-likeness (QED) is 0.611. The van der Waals surface area contributed by atoms with E-state index >= 15 is 0 Å². The minimum Gasteiger partial charge on any atom is -0.508 e. The highest BCUT2D eigenvalue weighted by Crippen LogP contribution is 2.34. The average Bonchev–Trinajstić information content (AvgIpc) is 3.22. The van der Waals surface area contributed by atoms with Crippen LogP contribution in [0.5, 0.6) is 5.75 Å². The molecule has 2 aliphatic heterocycles. The van der Waals surface area contributed by atoms with Crippen LogP contribution in [0.1, 0.15) is 4.88 Å². The van der Waals surface area contributed by atoms with Gasteiger partial charge in [0.2, 0.25) is 0 Å². The third-order valence-electron chi connectivity index (χ3n) is 5.49. The number of benzene rings is 1. The van der Waals surface area contributed by atoms with Crippen LogP contribution in [-0.4, -0.2) is 79.0 Å². The number of thiophene rings is 1. The number of morpholine rings is 1. The van der Waals surface area contributed by atoms with E-state index in [1.807, 2.05) is 12.1 Å². The number of nitrogens with zero attached hydrogens (tertiary/aromatic N) is 4. The summed E-state index contributed by atoms with van der Waals surface area (Å²) in [6.45, 7) is 7.91. The fraction of sp³-hybridized carbons (Fsp3) is 0.391. The van der Waals surface area contributed by atoms with Crippen molar-refractivity contribution < 1.29 is 9.84 Å². The zero-order chi connectivity index (χ0) is 21.0. The van der Waals surface area contributed by atoms with Crippen molar-refractivity contribution in [2.24, 2.45) is 0 Å². The van der Waals surface area contributed by atoms with Gasteiger partial charge in [-0.2, -0.15) is 0 Å². The number of ether oxygens (including phenoxy) is 1. The van der Waals surface area contributed by atoms with Crippen LogP contribution >= 0.6 is 11.3 Å². The van der Waals surface area contributed by atoms with E-state index in [0.717, 1.165) is 72.3 Å². The molecule has 0 saturated carbocycles. The number of anilines is 1. The minimum atomic E-state index is 0.207. The highest BCUT2D eigenvalue weighted by Gasteiger charge is 2.20. The molecule has 3 aromatic rings. The number of fused-ring (bicyclic) bond motifs is 1. The smallest absolute Gasteiger partial charge is 0.162 e. The number of hydrogen-bond donors (Lipinski definition) is 2. The average molecular weight is 436 g/mol. The molecule has 0 unspecified atom stereocenters. The second-order valence-electron chi connectivity index (χ2n) is 7.67. The van der Waals surface area contributed by atoms with Gasteiger partial charge in [-0.05, 0) is 18.2 Å². The van der Waals surface area contributed by atoms with E-state index in [9.17, 15) is 5.11 Å². The predicted octanol–water partition coefficient (Wildman–Crippen LogP) is 2.16. The van der Waals surface area contributed by atoms with E-state index in [0.29, 0.717) is 19.0 Å². The van der Waals surface area contributed by atoms with Gasteiger partial charge in [-0.15, -0.1) is 11.3 Å². The van der Waals surface area contributed by atoms with Crippen LogP contribution in [0.15, 0.2) is 30.3 Å². The first kappa shape index (κ1) is 20.2. The molecule has 0 bridgehead atoms. The summed E-state index contributed by atoms with van der Waals surface area (Å²) in [7, 11) is 0. The maximum absolute atomic E-state index is 9.91. The van der Waals surface area contributed by atoms with Gasteiger partial charge in [0, 0.05) is 44.8 Å². The molecule has 2 aliphatic rings. The first-order chi connectivity index (χ1) is 15.3. The van der Waals surface area contributed by atoms with Crippen molar-refractivity contribution in [2.45, 2.75) is 0 Å². The van der Waals surface area contributed by atoms with E-state index in [-0.39, 0.29) is 5.75 Å². The van der Waals surface area contributed by atoms with Crippen LogP contribution in [-0.2, 0) is 4.74 Å². The number of aromatic nitrogens is 2. The third kappa shape index (κ3) is 4.65. The van der Waals surface area contributed by atoms with Gasteiger partial charge in [0.25, 0.3) is 0 Å². The second-order valence-corrected chi connectivity index (χ2v) is 8.73. The Labute approximate surface area is 185 Å². The summed E-state index contributed by atoms with van der Waals surface area (Å²) in [6.07, 6.45) is 0. The molecule has 0 amide bonds. The summed E-state index contributed by atoms with van der Waals surface area (Å²) < 4.78 is 6.59. The highest BCUT2D eigenvalue weighted by atomic mass is 32.1. The van der Waals surface area contributed by atoms with Gasteiger partial charge in [-0.1, -0.05) is 24.0 Å². The number of phenolic OH excluding ortho intramolecular Hbond substituents is 1. The second kappa shape index (κ2) is 9.20. The number of rotatable bonds is 3. The Morgan fingerprint density at radius 3 is 2.74 bits per heavy atom. The van der Waals surface area contributed by atoms with Gasteiger partial charge >= 0.3 is 0 Å². The normalized spacial score (nSPS) is 17.5. The highest BCUT2D eigenvalue weighted by molar-refractivity contribution is 7.20. The zero-order valence-electron chi connectivity index (χ0n) is 17.3. The van der Waals surface area contributed by atoms with Crippen LogP contribution in [0.4, 0.5) is 5.82 Å². The molecule has 5 rings (SSSR count). The molecular weight excluding hydrogens is 410 g/mol. The van der Waals surface area contributed by atoms with Crippen LogP contribution in [0.25, 0.3) is 21.6 Å². The molecule has 2 fully saturated rings.